The third kappa shape index (κ3) is 1.95. The van der Waals surface area contributed by atoms with Crippen LogP contribution in [0.5, 0.6) is 0 Å². The largest absolute Gasteiger partial charge is 0.461 e. The third-order valence-electron chi connectivity index (χ3n) is 3.31. The lowest BCUT2D eigenvalue weighted by Gasteiger charge is -2.15. The fraction of sp³-hybridized carbons (Fsp3) is 0.312. The van der Waals surface area contributed by atoms with E-state index in [2.05, 4.69) is 20.8 Å². The summed E-state index contributed by atoms with van der Waals surface area (Å²) in [6.07, 6.45) is -0.417. The van der Waals surface area contributed by atoms with Crippen LogP contribution >= 0.6 is 0 Å². The van der Waals surface area contributed by atoms with E-state index in [4.69, 9.17) is 9.15 Å². The molecule has 1 aromatic carbocycles. The molecule has 1 aromatic heterocycles. The normalized spacial score (nSPS) is 18.3. The van der Waals surface area contributed by atoms with Gasteiger partial charge in [-0.15, -0.1) is 0 Å². The Morgan fingerprint density at radius 1 is 1.05 bits per heavy atom. The molecule has 0 saturated heterocycles. The van der Waals surface area contributed by atoms with Crippen molar-refractivity contribution in [2.24, 2.45) is 0 Å². The van der Waals surface area contributed by atoms with Crippen LogP contribution in [0, 0.1) is 0 Å². The summed E-state index contributed by atoms with van der Waals surface area (Å²) in [6.45, 7) is 6.26. The van der Waals surface area contributed by atoms with Crippen LogP contribution in [0.3, 0.4) is 0 Å². The summed E-state index contributed by atoms with van der Waals surface area (Å²) in [7, 11) is 0. The number of fused-ring (bicyclic) bond motifs is 1. The molecule has 0 aliphatic carbocycles. The summed E-state index contributed by atoms with van der Waals surface area (Å²) < 4.78 is 11.3. The van der Waals surface area contributed by atoms with E-state index in [0.29, 0.717) is 11.3 Å². The lowest BCUT2D eigenvalue weighted by molar-refractivity contribution is 0.0417. The van der Waals surface area contributed by atoms with Gasteiger partial charge in [-0.3, -0.25) is 0 Å². The number of cyclic esters (lactones) is 1. The van der Waals surface area contributed by atoms with E-state index in [1.54, 1.807) is 6.07 Å². The van der Waals surface area contributed by atoms with Crippen molar-refractivity contribution in [1.29, 1.82) is 0 Å². The summed E-state index contributed by atoms with van der Waals surface area (Å²) in [6, 6.07) is 11.3. The molecule has 0 radical (unpaired) electrons. The minimum absolute atomic E-state index is 0.0552. The van der Waals surface area contributed by atoms with Crippen molar-refractivity contribution < 1.29 is 13.9 Å². The minimum Gasteiger partial charge on any atom is -0.461 e. The fourth-order valence-corrected chi connectivity index (χ4v) is 2.25. The Labute approximate surface area is 112 Å². The van der Waals surface area contributed by atoms with Gasteiger partial charge in [0.2, 0.25) is 0 Å². The highest BCUT2D eigenvalue weighted by Crippen LogP contribution is 2.37. The first-order valence-electron chi connectivity index (χ1n) is 6.37. The first kappa shape index (κ1) is 12.0. The molecule has 3 rings (SSSR count). The maximum atomic E-state index is 11.8. The lowest BCUT2D eigenvalue weighted by atomic mass is 9.94. The smallest absolute Gasteiger partial charge is 0.339 e. The van der Waals surface area contributed by atoms with E-state index >= 15 is 0 Å². The Kier molecular flexibility index (Phi) is 2.52. The highest BCUT2D eigenvalue weighted by molar-refractivity contribution is 5.94. The zero-order valence-electron chi connectivity index (χ0n) is 11.3. The topological polar surface area (TPSA) is 39.4 Å². The van der Waals surface area contributed by atoms with Crippen molar-refractivity contribution in [3.63, 3.8) is 0 Å². The number of hydrogen-bond donors (Lipinski definition) is 0. The SMILES string of the molecule is CC(C)(C)c1ccc(C2OC(=O)c3ccccc32)o1. The van der Waals surface area contributed by atoms with Crippen LogP contribution in [0.1, 0.15) is 54.3 Å². The number of benzene rings is 1. The van der Waals surface area contributed by atoms with Crippen molar-refractivity contribution in [3.05, 3.63) is 59.0 Å². The van der Waals surface area contributed by atoms with Gasteiger partial charge in [-0.05, 0) is 18.2 Å². The van der Waals surface area contributed by atoms with E-state index in [1.165, 1.54) is 0 Å². The minimum atomic E-state index is -0.417. The van der Waals surface area contributed by atoms with E-state index in [9.17, 15) is 4.79 Å². The molecule has 3 nitrogen and oxygen atoms in total. The van der Waals surface area contributed by atoms with Crippen LogP contribution in [0.15, 0.2) is 40.8 Å². The molecular formula is C16H16O3. The fourth-order valence-electron chi connectivity index (χ4n) is 2.25. The summed E-state index contributed by atoms with van der Waals surface area (Å²) >= 11 is 0. The molecule has 1 aliphatic heterocycles. The predicted octanol–water partition coefficient (Wildman–Crippen LogP) is 3.84. The number of rotatable bonds is 1. The highest BCUT2D eigenvalue weighted by atomic mass is 16.6. The van der Waals surface area contributed by atoms with Crippen LogP contribution in [0.25, 0.3) is 0 Å². The molecule has 0 N–H and O–H groups in total. The van der Waals surface area contributed by atoms with Gasteiger partial charge >= 0.3 is 5.97 Å². The Balaban J connectivity index is 2.01. The Hall–Kier alpha value is -2.03. The molecule has 0 spiro atoms. The van der Waals surface area contributed by atoms with Crippen LogP contribution in [0.4, 0.5) is 0 Å². The standard InChI is InChI=1S/C16H16O3/c1-16(2,3)13-9-8-12(18-13)14-10-6-4-5-7-11(10)15(17)19-14/h4-9,14H,1-3H3. The number of hydrogen-bond acceptors (Lipinski definition) is 3. The molecule has 1 atom stereocenters. The number of carbonyl (C=O) groups excluding carboxylic acids is 1. The maximum Gasteiger partial charge on any atom is 0.339 e. The first-order chi connectivity index (χ1) is 8.97. The van der Waals surface area contributed by atoms with Crippen LogP contribution in [-0.2, 0) is 10.2 Å². The summed E-state index contributed by atoms with van der Waals surface area (Å²) in [5, 5.41) is 0. The monoisotopic (exact) mass is 256 g/mol. The highest BCUT2D eigenvalue weighted by Gasteiger charge is 2.34. The summed E-state index contributed by atoms with van der Waals surface area (Å²) in [4.78, 5) is 11.8. The molecule has 0 saturated carbocycles. The van der Waals surface area contributed by atoms with Crippen LogP contribution in [-0.4, -0.2) is 5.97 Å². The van der Waals surface area contributed by atoms with Gasteiger partial charge in [0.05, 0.1) is 5.56 Å². The van der Waals surface area contributed by atoms with E-state index in [0.717, 1.165) is 11.3 Å². The van der Waals surface area contributed by atoms with Gasteiger partial charge in [-0.2, -0.15) is 0 Å². The van der Waals surface area contributed by atoms with E-state index in [-0.39, 0.29) is 11.4 Å². The average molecular weight is 256 g/mol. The molecule has 0 bridgehead atoms. The number of esters is 1. The maximum absolute atomic E-state index is 11.8. The Bertz CT molecular complexity index is 631. The number of ether oxygens (including phenoxy) is 1. The second-order valence-corrected chi connectivity index (χ2v) is 5.82. The molecule has 0 fully saturated rings. The Morgan fingerprint density at radius 2 is 1.79 bits per heavy atom. The zero-order valence-corrected chi connectivity index (χ0v) is 11.3. The summed E-state index contributed by atoms with van der Waals surface area (Å²) in [5.74, 6) is 1.29. The van der Waals surface area contributed by atoms with E-state index in [1.807, 2.05) is 30.3 Å². The van der Waals surface area contributed by atoms with E-state index < -0.39 is 6.10 Å². The Morgan fingerprint density at radius 3 is 2.47 bits per heavy atom. The molecule has 2 heterocycles. The molecule has 3 heteroatoms. The van der Waals surface area contributed by atoms with Gasteiger partial charge < -0.3 is 9.15 Å². The first-order valence-corrected chi connectivity index (χ1v) is 6.37. The molecule has 19 heavy (non-hydrogen) atoms. The molecule has 98 valence electrons. The van der Waals surface area contributed by atoms with Gasteiger partial charge in [-0.25, -0.2) is 4.79 Å². The van der Waals surface area contributed by atoms with Crippen molar-refractivity contribution in [2.75, 3.05) is 0 Å². The molecular weight excluding hydrogens is 240 g/mol. The predicted molar refractivity (Wildman–Crippen MR) is 71.1 cm³/mol. The molecule has 1 aliphatic rings. The van der Waals surface area contributed by atoms with Crippen molar-refractivity contribution in [2.45, 2.75) is 32.3 Å². The lowest BCUT2D eigenvalue weighted by Crippen LogP contribution is -2.09. The molecule has 1 unspecified atom stereocenters. The van der Waals surface area contributed by atoms with Gasteiger partial charge in [0.25, 0.3) is 0 Å². The molecule has 2 aromatic rings. The van der Waals surface area contributed by atoms with Crippen LogP contribution in [0.2, 0.25) is 0 Å². The number of furan rings is 1. The second-order valence-electron chi connectivity index (χ2n) is 5.82. The zero-order chi connectivity index (χ0) is 13.6. The van der Waals surface area contributed by atoms with Gasteiger partial charge in [0.15, 0.2) is 6.10 Å². The van der Waals surface area contributed by atoms with Crippen molar-refractivity contribution in [3.8, 4) is 0 Å². The van der Waals surface area contributed by atoms with Gasteiger partial charge in [0.1, 0.15) is 11.5 Å². The number of carbonyl (C=O) groups is 1. The molecule has 0 amide bonds. The second kappa shape index (κ2) is 3.98. The van der Waals surface area contributed by atoms with Crippen molar-refractivity contribution in [1.82, 2.24) is 0 Å². The summed E-state index contributed by atoms with van der Waals surface area (Å²) in [5.41, 5.74) is 1.45. The van der Waals surface area contributed by atoms with Gasteiger partial charge in [-0.1, -0.05) is 39.0 Å². The van der Waals surface area contributed by atoms with Crippen molar-refractivity contribution >= 4 is 5.97 Å². The quantitative estimate of drug-likeness (QED) is 0.728. The van der Waals surface area contributed by atoms with Gasteiger partial charge in [0, 0.05) is 11.0 Å². The third-order valence-corrected chi connectivity index (χ3v) is 3.31. The van der Waals surface area contributed by atoms with Crippen LogP contribution < -0.4 is 0 Å². The average Bonchev–Trinajstić information content (AvgIpc) is 2.94.